The Morgan fingerprint density at radius 3 is 3.24 bits per heavy atom. The van der Waals surface area contributed by atoms with Crippen LogP contribution in [0.1, 0.15) is 25.5 Å². The molecule has 1 atom stereocenters. The van der Waals surface area contributed by atoms with Gasteiger partial charge in [-0.2, -0.15) is 0 Å². The minimum Gasteiger partial charge on any atom is -0.469 e. The van der Waals surface area contributed by atoms with E-state index in [-0.39, 0.29) is 12.4 Å². The molecule has 0 aromatic carbocycles. The zero-order valence-electron chi connectivity index (χ0n) is 10.3. The van der Waals surface area contributed by atoms with Crippen LogP contribution in [-0.2, 0) is 16.0 Å². The molecular weight excluding hydrogens is 236 g/mol. The van der Waals surface area contributed by atoms with E-state index in [2.05, 4.69) is 21.5 Å². The van der Waals surface area contributed by atoms with Gasteiger partial charge in [0.25, 0.3) is 0 Å². The van der Waals surface area contributed by atoms with Crippen LogP contribution in [0.15, 0.2) is 5.38 Å². The summed E-state index contributed by atoms with van der Waals surface area (Å²) in [5.41, 5.74) is 0.815. The van der Waals surface area contributed by atoms with Crippen LogP contribution >= 0.6 is 11.3 Å². The Labute approximate surface area is 106 Å². The Bertz CT molecular complexity index is 392. The number of rotatable bonds is 3. The van der Waals surface area contributed by atoms with Crippen molar-refractivity contribution in [3.63, 3.8) is 0 Å². The first-order chi connectivity index (χ1) is 8.19. The average molecular weight is 254 g/mol. The van der Waals surface area contributed by atoms with Crippen molar-refractivity contribution in [3.8, 4) is 0 Å². The quantitative estimate of drug-likeness (QED) is 0.775. The highest BCUT2D eigenvalue weighted by Crippen LogP contribution is 2.26. The second kappa shape index (κ2) is 5.49. The summed E-state index contributed by atoms with van der Waals surface area (Å²) in [5.74, 6) is 0.505. The number of anilines is 1. The van der Waals surface area contributed by atoms with Gasteiger partial charge in [-0.05, 0) is 18.8 Å². The smallest absolute Gasteiger partial charge is 0.311 e. The fraction of sp³-hybridized carbons (Fsp3) is 0.667. The van der Waals surface area contributed by atoms with E-state index >= 15 is 0 Å². The van der Waals surface area contributed by atoms with Crippen LogP contribution in [0.25, 0.3) is 0 Å². The van der Waals surface area contributed by atoms with Crippen molar-refractivity contribution in [2.45, 2.75) is 26.2 Å². The van der Waals surface area contributed by atoms with E-state index < -0.39 is 0 Å². The number of nitrogens with zero attached hydrogens (tertiary/aromatic N) is 2. The van der Waals surface area contributed by atoms with Crippen molar-refractivity contribution in [1.82, 2.24) is 4.98 Å². The van der Waals surface area contributed by atoms with Gasteiger partial charge in [0, 0.05) is 18.5 Å². The van der Waals surface area contributed by atoms with Crippen molar-refractivity contribution >= 4 is 22.4 Å². The molecule has 1 aromatic rings. The van der Waals surface area contributed by atoms with E-state index in [9.17, 15) is 4.79 Å². The number of carbonyl (C=O) groups is 1. The molecule has 1 aliphatic heterocycles. The highest BCUT2D eigenvalue weighted by molar-refractivity contribution is 7.13. The maximum absolute atomic E-state index is 11.1. The van der Waals surface area contributed by atoms with Gasteiger partial charge in [0.05, 0.1) is 19.2 Å². The summed E-state index contributed by atoms with van der Waals surface area (Å²) in [6.45, 7) is 4.43. The van der Waals surface area contributed by atoms with Crippen LogP contribution in [0.3, 0.4) is 0 Å². The monoisotopic (exact) mass is 254 g/mol. The van der Waals surface area contributed by atoms with Gasteiger partial charge in [0.1, 0.15) is 0 Å². The fourth-order valence-electron chi connectivity index (χ4n) is 2.11. The van der Waals surface area contributed by atoms with Gasteiger partial charge in [0.15, 0.2) is 5.13 Å². The van der Waals surface area contributed by atoms with Gasteiger partial charge < -0.3 is 9.64 Å². The number of thiazole rings is 1. The van der Waals surface area contributed by atoms with Crippen LogP contribution < -0.4 is 4.90 Å². The third kappa shape index (κ3) is 3.19. The Kier molecular flexibility index (Phi) is 3.99. The third-order valence-corrected chi connectivity index (χ3v) is 3.97. The minimum atomic E-state index is -0.228. The number of ether oxygens (including phenoxy) is 1. The first kappa shape index (κ1) is 12.4. The summed E-state index contributed by atoms with van der Waals surface area (Å²) in [7, 11) is 1.40. The van der Waals surface area contributed by atoms with Crippen LogP contribution in [-0.4, -0.2) is 31.2 Å². The molecule has 1 unspecified atom stereocenters. The average Bonchev–Trinajstić information content (AvgIpc) is 2.77. The SMILES string of the molecule is COC(=O)Cc1csc(N2CCCC(C)C2)n1. The molecule has 1 saturated heterocycles. The number of piperidine rings is 1. The molecular formula is C12H18N2O2S. The third-order valence-electron chi connectivity index (χ3n) is 3.02. The van der Waals surface area contributed by atoms with E-state index in [0.717, 1.165) is 29.8 Å². The molecule has 0 amide bonds. The Morgan fingerprint density at radius 2 is 2.53 bits per heavy atom. The number of aromatic nitrogens is 1. The minimum absolute atomic E-state index is 0.228. The molecule has 5 heteroatoms. The predicted molar refractivity (Wildman–Crippen MR) is 68.4 cm³/mol. The normalized spacial score (nSPS) is 20.4. The van der Waals surface area contributed by atoms with Crippen molar-refractivity contribution in [2.75, 3.05) is 25.1 Å². The summed E-state index contributed by atoms with van der Waals surface area (Å²) in [5, 5.41) is 2.99. The van der Waals surface area contributed by atoms with Crippen molar-refractivity contribution in [3.05, 3.63) is 11.1 Å². The number of methoxy groups -OCH3 is 1. The van der Waals surface area contributed by atoms with Crippen LogP contribution in [0.4, 0.5) is 5.13 Å². The van der Waals surface area contributed by atoms with Gasteiger partial charge in [-0.1, -0.05) is 6.92 Å². The number of esters is 1. The molecule has 1 aliphatic rings. The van der Waals surface area contributed by atoms with Crippen molar-refractivity contribution in [2.24, 2.45) is 5.92 Å². The van der Waals surface area contributed by atoms with Gasteiger partial charge in [-0.15, -0.1) is 11.3 Å². The molecule has 0 aliphatic carbocycles. The molecule has 0 saturated carbocycles. The van der Waals surface area contributed by atoms with Gasteiger partial charge in [0.2, 0.25) is 0 Å². The van der Waals surface area contributed by atoms with Gasteiger partial charge in [-0.25, -0.2) is 4.98 Å². The predicted octanol–water partition coefficient (Wildman–Crippen LogP) is 2.09. The molecule has 1 fully saturated rings. The number of hydrogen-bond donors (Lipinski definition) is 0. The fourth-order valence-corrected chi connectivity index (χ4v) is 2.97. The first-order valence-electron chi connectivity index (χ1n) is 5.95. The van der Waals surface area contributed by atoms with Gasteiger partial charge in [-0.3, -0.25) is 4.79 Å². The zero-order valence-corrected chi connectivity index (χ0v) is 11.1. The van der Waals surface area contributed by atoms with Gasteiger partial charge >= 0.3 is 5.97 Å². The molecule has 0 bridgehead atoms. The highest BCUT2D eigenvalue weighted by atomic mass is 32.1. The van der Waals surface area contributed by atoms with Crippen LogP contribution in [0.2, 0.25) is 0 Å². The first-order valence-corrected chi connectivity index (χ1v) is 6.83. The van der Waals surface area contributed by atoms with Crippen LogP contribution in [0.5, 0.6) is 0 Å². The lowest BCUT2D eigenvalue weighted by molar-refractivity contribution is -0.139. The zero-order chi connectivity index (χ0) is 12.3. The molecule has 2 rings (SSSR count). The molecule has 2 heterocycles. The summed E-state index contributed by atoms with van der Waals surface area (Å²) in [4.78, 5) is 18.0. The van der Waals surface area contributed by atoms with Crippen molar-refractivity contribution < 1.29 is 9.53 Å². The molecule has 0 radical (unpaired) electrons. The van der Waals surface area contributed by atoms with E-state index in [1.807, 2.05) is 5.38 Å². The van der Waals surface area contributed by atoms with E-state index in [0.29, 0.717) is 0 Å². The maximum Gasteiger partial charge on any atom is 0.311 e. The highest BCUT2D eigenvalue weighted by Gasteiger charge is 2.19. The second-order valence-corrected chi connectivity index (χ2v) is 5.40. The summed E-state index contributed by atoms with van der Waals surface area (Å²) in [6, 6.07) is 0. The summed E-state index contributed by atoms with van der Waals surface area (Å²) in [6.07, 6.45) is 2.81. The van der Waals surface area contributed by atoms with Crippen LogP contribution in [0, 0.1) is 5.92 Å². The number of carbonyl (C=O) groups excluding carboxylic acids is 1. The molecule has 17 heavy (non-hydrogen) atoms. The molecule has 4 nitrogen and oxygen atoms in total. The number of hydrogen-bond acceptors (Lipinski definition) is 5. The van der Waals surface area contributed by atoms with E-state index in [1.54, 1.807) is 11.3 Å². The molecule has 1 aromatic heterocycles. The van der Waals surface area contributed by atoms with E-state index in [1.165, 1.54) is 20.0 Å². The summed E-state index contributed by atoms with van der Waals surface area (Å²) >= 11 is 1.62. The lowest BCUT2D eigenvalue weighted by Gasteiger charge is -2.30. The standard InChI is InChI=1S/C12H18N2O2S/c1-9-4-3-5-14(7-9)12-13-10(8-17-12)6-11(15)16-2/h8-9H,3-7H2,1-2H3. The molecule has 0 spiro atoms. The molecule has 94 valence electrons. The van der Waals surface area contributed by atoms with E-state index in [4.69, 9.17) is 0 Å². The molecule has 0 N–H and O–H groups in total. The summed E-state index contributed by atoms with van der Waals surface area (Å²) < 4.78 is 4.64. The van der Waals surface area contributed by atoms with Crippen molar-refractivity contribution in [1.29, 1.82) is 0 Å². The topological polar surface area (TPSA) is 42.4 Å². The lowest BCUT2D eigenvalue weighted by atomic mass is 10.0. The Hall–Kier alpha value is -1.10. The largest absolute Gasteiger partial charge is 0.469 e. The Balaban J connectivity index is 1.99. The Morgan fingerprint density at radius 1 is 1.71 bits per heavy atom. The maximum atomic E-state index is 11.1. The lowest BCUT2D eigenvalue weighted by Crippen LogP contribution is -2.34. The second-order valence-electron chi connectivity index (χ2n) is 4.57.